The van der Waals surface area contributed by atoms with Crippen molar-refractivity contribution in [3.8, 4) is 0 Å². The third-order valence-corrected chi connectivity index (χ3v) is 10.5. The summed E-state index contributed by atoms with van der Waals surface area (Å²) in [6.07, 6.45) is 6.73. The number of aryl methyl sites for hydroxylation is 2. The summed E-state index contributed by atoms with van der Waals surface area (Å²) in [5.74, 6) is -0.0948. The molecule has 4 aromatic carbocycles. The second-order valence-electron chi connectivity index (χ2n) is 11.2. The molecule has 0 bridgehead atoms. The molecule has 6 rings (SSSR count). The summed E-state index contributed by atoms with van der Waals surface area (Å²) < 4.78 is 6.65. The van der Waals surface area contributed by atoms with Crippen molar-refractivity contribution in [1.29, 1.82) is 0 Å². The van der Waals surface area contributed by atoms with E-state index >= 15 is 0 Å². The van der Waals surface area contributed by atoms with Crippen LogP contribution in [-0.4, -0.2) is 20.9 Å². The zero-order valence-corrected chi connectivity index (χ0v) is 27.1. The predicted molar refractivity (Wildman–Crippen MR) is 184 cm³/mol. The third kappa shape index (κ3) is 6.33. The van der Waals surface area contributed by atoms with Crippen LogP contribution >= 0.6 is 22.7 Å². The Labute approximate surface area is 265 Å². The van der Waals surface area contributed by atoms with Crippen molar-refractivity contribution in [2.24, 2.45) is 9.98 Å². The van der Waals surface area contributed by atoms with Gasteiger partial charge in [0, 0.05) is 36.7 Å². The summed E-state index contributed by atoms with van der Waals surface area (Å²) in [5.41, 5.74) is 2.27. The number of hydrogen-bond donors (Lipinski definition) is 0. The quantitative estimate of drug-likeness (QED) is 0.136. The fourth-order valence-corrected chi connectivity index (χ4v) is 8.46. The van der Waals surface area contributed by atoms with E-state index in [0.717, 1.165) is 72.3 Å². The lowest BCUT2D eigenvalue weighted by Crippen LogP contribution is -2.15. The van der Waals surface area contributed by atoms with E-state index in [4.69, 9.17) is 0 Å². The largest absolute Gasteiger partial charge is 0.317 e. The third-order valence-electron chi connectivity index (χ3n) is 8.25. The number of carbonyl (C=O) groups is 2. The van der Waals surface area contributed by atoms with E-state index in [9.17, 15) is 9.59 Å². The fourth-order valence-electron chi connectivity index (χ4n) is 5.96. The van der Waals surface area contributed by atoms with Crippen LogP contribution in [0.3, 0.4) is 0 Å². The Balaban J connectivity index is 0.971. The number of rotatable bonds is 11. The van der Waals surface area contributed by atoms with Crippen molar-refractivity contribution in [3.63, 3.8) is 0 Å². The van der Waals surface area contributed by atoms with Crippen molar-refractivity contribution in [2.75, 3.05) is 0 Å². The van der Waals surface area contributed by atoms with Gasteiger partial charge in [0.1, 0.15) is 0 Å². The maximum Gasteiger partial charge on any atom is 0.248 e. The number of nitrogens with zero attached hydrogens (tertiary/aromatic N) is 4. The molecular formula is C36H38N4O2S2. The van der Waals surface area contributed by atoms with Gasteiger partial charge >= 0.3 is 0 Å². The van der Waals surface area contributed by atoms with Gasteiger partial charge in [0.05, 0.1) is 20.4 Å². The lowest BCUT2D eigenvalue weighted by Gasteiger charge is -2.03. The number of amides is 2. The van der Waals surface area contributed by atoms with Gasteiger partial charge in [-0.1, -0.05) is 109 Å². The molecule has 2 heterocycles. The second-order valence-corrected chi connectivity index (χ2v) is 13.1. The van der Waals surface area contributed by atoms with Gasteiger partial charge < -0.3 is 9.13 Å². The summed E-state index contributed by atoms with van der Waals surface area (Å²) in [6, 6.07) is 25.3. The minimum atomic E-state index is -0.0474. The lowest BCUT2D eigenvalue weighted by atomic mass is 10.1. The van der Waals surface area contributed by atoms with Gasteiger partial charge in [0.2, 0.25) is 11.8 Å². The normalized spacial score (nSPS) is 12.8. The van der Waals surface area contributed by atoms with Crippen molar-refractivity contribution in [2.45, 2.75) is 78.3 Å². The van der Waals surface area contributed by atoms with Crippen LogP contribution in [0.1, 0.15) is 65.2 Å². The molecule has 0 saturated carbocycles. The number of aromatic nitrogens is 2. The van der Waals surface area contributed by atoms with Gasteiger partial charge in [0.25, 0.3) is 0 Å². The van der Waals surface area contributed by atoms with Crippen LogP contribution in [0, 0.1) is 0 Å². The van der Waals surface area contributed by atoms with Crippen LogP contribution < -0.4 is 9.60 Å². The number of benzene rings is 4. The molecule has 0 spiro atoms. The van der Waals surface area contributed by atoms with E-state index in [1.165, 1.54) is 30.9 Å². The molecule has 44 heavy (non-hydrogen) atoms. The number of hydrogen-bond acceptors (Lipinski definition) is 4. The molecule has 0 atom stereocenters. The van der Waals surface area contributed by atoms with E-state index < -0.39 is 0 Å². The highest BCUT2D eigenvalue weighted by atomic mass is 32.1. The smallest absolute Gasteiger partial charge is 0.248 e. The fraction of sp³-hybridized carbons (Fsp3) is 0.333. The van der Waals surface area contributed by atoms with Crippen molar-refractivity contribution >= 4 is 76.5 Å². The topological polar surface area (TPSA) is 68.7 Å². The number of thiazole rings is 2. The second kappa shape index (κ2) is 13.8. The summed E-state index contributed by atoms with van der Waals surface area (Å²) in [4.78, 5) is 36.0. The molecule has 8 heteroatoms. The zero-order valence-electron chi connectivity index (χ0n) is 25.4. The molecule has 0 aliphatic heterocycles. The first-order valence-electron chi connectivity index (χ1n) is 15.7. The van der Waals surface area contributed by atoms with E-state index in [0.29, 0.717) is 12.8 Å². The number of carbonyl (C=O) groups excluding carboxylic acids is 2. The SMILES string of the molecule is CCn1c(=NC(=O)CCCCCCCCC(=O)N=c2sc3c4ccccc4ccc3n2CC)sc2c3ccccc3ccc21. The molecule has 6 nitrogen and oxygen atoms in total. The molecular weight excluding hydrogens is 585 g/mol. The van der Waals surface area contributed by atoms with Crippen molar-refractivity contribution < 1.29 is 9.59 Å². The molecule has 0 saturated heterocycles. The molecule has 0 aliphatic carbocycles. The van der Waals surface area contributed by atoms with E-state index in [1.807, 2.05) is 0 Å². The Morgan fingerprint density at radius 3 is 1.41 bits per heavy atom. The molecule has 6 aromatic rings. The van der Waals surface area contributed by atoms with Crippen LogP contribution in [0.5, 0.6) is 0 Å². The Morgan fingerprint density at radius 2 is 0.977 bits per heavy atom. The molecule has 0 aliphatic rings. The highest BCUT2D eigenvalue weighted by Gasteiger charge is 2.11. The molecule has 2 aromatic heterocycles. The average molecular weight is 623 g/mol. The first-order chi connectivity index (χ1) is 21.6. The van der Waals surface area contributed by atoms with Gasteiger partial charge in [-0.25, -0.2) is 0 Å². The molecule has 0 N–H and O–H groups in total. The first-order valence-corrected chi connectivity index (χ1v) is 17.4. The predicted octanol–water partition coefficient (Wildman–Crippen LogP) is 8.74. The van der Waals surface area contributed by atoms with Crippen LogP contribution in [0.2, 0.25) is 0 Å². The standard InChI is InChI=1S/C36H38N4O2S2/c1-3-39-29-23-21-25-15-11-13-17-27(25)33(29)43-35(39)37-31(41)19-9-7-5-6-8-10-20-32(42)38-36-40(4-2)30-24-22-26-16-12-14-18-28(26)34(30)44-36/h11-18,21-24H,3-10,19-20H2,1-2H3. The molecule has 0 unspecified atom stereocenters. The highest BCUT2D eigenvalue weighted by molar-refractivity contribution is 7.17. The maximum absolute atomic E-state index is 12.7. The average Bonchev–Trinajstić information content (AvgIpc) is 3.59. The van der Waals surface area contributed by atoms with Crippen molar-refractivity contribution in [3.05, 3.63) is 82.4 Å². The Kier molecular flexibility index (Phi) is 9.48. The molecule has 2 amide bonds. The van der Waals surface area contributed by atoms with Crippen LogP contribution in [0.15, 0.2) is 82.8 Å². The molecule has 226 valence electrons. The number of unbranched alkanes of at least 4 members (excludes halogenated alkanes) is 5. The first kappa shape index (κ1) is 30.2. The van der Waals surface area contributed by atoms with Gasteiger partial charge in [-0.05, 0) is 49.6 Å². The molecule has 0 radical (unpaired) electrons. The summed E-state index contributed by atoms with van der Waals surface area (Å²) in [5, 5.41) is 4.83. The van der Waals surface area contributed by atoms with E-state index in [2.05, 4.69) is 106 Å². The maximum atomic E-state index is 12.7. The lowest BCUT2D eigenvalue weighted by molar-refractivity contribution is -0.119. The van der Waals surface area contributed by atoms with Gasteiger partial charge in [-0.3, -0.25) is 9.59 Å². The summed E-state index contributed by atoms with van der Waals surface area (Å²) >= 11 is 3.21. The highest BCUT2D eigenvalue weighted by Crippen LogP contribution is 2.29. The van der Waals surface area contributed by atoms with Gasteiger partial charge in [-0.2, -0.15) is 9.98 Å². The van der Waals surface area contributed by atoms with E-state index in [1.54, 1.807) is 22.7 Å². The molecule has 0 fully saturated rings. The minimum absolute atomic E-state index is 0.0474. The van der Waals surface area contributed by atoms with Gasteiger partial charge in [-0.15, -0.1) is 0 Å². The minimum Gasteiger partial charge on any atom is -0.317 e. The van der Waals surface area contributed by atoms with E-state index in [-0.39, 0.29) is 11.8 Å². The van der Waals surface area contributed by atoms with Crippen LogP contribution in [-0.2, 0) is 22.7 Å². The Bertz CT molecular complexity index is 1960. The van der Waals surface area contributed by atoms with Crippen molar-refractivity contribution in [1.82, 2.24) is 9.13 Å². The summed E-state index contributed by atoms with van der Waals surface area (Å²) in [6.45, 7) is 5.75. The Morgan fingerprint density at radius 1 is 0.568 bits per heavy atom. The Hall–Kier alpha value is -3.88. The van der Waals surface area contributed by atoms with Crippen LogP contribution in [0.4, 0.5) is 0 Å². The van der Waals surface area contributed by atoms with Gasteiger partial charge in [0.15, 0.2) is 9.60 Å². The zero-order chi connectivity index (χ0) is 30.5. The van der Waals surface area contributed by atoms with Crippen LogP contribution in [0.25, 0.3) is 42.0 Å². The number of fused-ring (bicyclic) bond motifs is 6. The summed E-state index contributed by atoms with van der Waals surface area (Å²) in [7, 11) is 0. The monoisotopic (exact) mass is 622 g/mol.